The zero-order chi connectivity index (χ0) is 13.9. The Morgan fingerprint density at radius 1 is 1.25 bits per heavy atom. The van der Waals surface area contributed by atoms with Crippen molar-refractivity contribution in [3.8, 4) is 0 Å². The summed E-state index contributed by atoms with van der Waals surface area (Å²) in [7, 11) is 0. The molecule has 0 saturated heterocycles. The lowest BCUT2D eigenvalue weighted by atomic mass is 9.97. The fraction of sp³-hybridized carbons (Fsp3) is 0.867. The van der Waals surface area contributed by atoms with Crippen molar-refractivity contribution in [3.63, 3.8) is 0 Å². The first-order valence-electron chi connectivity index (χ1n) is 7.92. The van der Waals surface area contributed by atoms with Crippen molar-refractivity contribution in [1.29, 1.82) is 0 Å². The normalized spacial score (nSPS) is 29.1. The van der Waals surface area contributed by atoms with Crippen LogP contribution in [0.2, 0.25) is 0 Å². The van der Waals surface area contributed by atoms with Gasteiger partial charge in [-0.1, -0.05) is 24.4 Å². The summed E-state index contributed by atoms with van der Waals surface area (Å²) in [6, 6.07) is 0. The summed E-state index contributed by atoms with van der Waals surface area (Å²) in [6.45, 7) is 2.66. The van der Waals surface area contributed by atoms with E-state index in [2.05, 4.69) is 10.1 Å². The number of rotatable bonds is 5. The number of aromatic nitrogens is 2. The molecule has 5 heteroatoms. The van der Waals surface area contributed by atoms with Crippen LogP contribution in [0.4, 0.5) is 0 Å². The van der Waals surface area contributed by atoms with Crippen LogP contribution in [0.5, 0.6) is 0 Å². The molecule has 0 amide bonds. The molecule has 0 spiro atoms. The van der Waals surface area contributed by atoms with Crippen molar-refractivity contribution in [1.82, 2.24) is 10.1 Å². The zero-order valence-electron chi connectivity index (χ0n) is 12.1. The average Bonchev–Trinajstić information content (AvgIpc) is 3.21. The van der Waals surface area contributed by atoms with Crippen LogP contribution < -0.4 is 0 Å². The van der Waals surface area contributed by atoms with E-state index in [-0.39, 0.29) is 18.1 Å². The highest BCUT2D eigenvalue weighted by molar-refractivity contribution is 5.03. The topological polar surface area (TPSA) is 68.4 Å². The Labute approximate surface area is 119 Å². The standard InChI is InChI=1S/C15H24N2O3/c1-2-19-13(10-8-9-10)14-16-15(20-17-14)11-6-4-3-5-7-12(11)18/h10-13,18H,2-9H2,1H3. The maximum absolute atomic E-state index is 10.2. The Hall–Kier alpha value is -0.940. The molecule has 1 aromatic heterocycles. The predicted molar refractivity (Wildman–Crippen MR) is 73.2 cm³/mol. The minimum atomic E-state index is -0.350. The summed E-state index contributed by atoms with van der Waals surface area (Å²) in [5, 5.41) is 14.3. The lowest BCUT2D eigenvalue weighted by Gasteiger charge is -2.15. The quantitative estimate of drug-likeness (QED) is 0.840. The maximum atomic E-state index is 10.2. The van der Waals surface area contributed by atoms with E-state index in [9.17, 15) is 5.11 Å². The number of hydrogen-bond acceptors (Lipinski definition) is 5. The second-order valence-electron chi connectivity index (χ2n) is 6.02. The van der Waals surface area contributed by atoms with Gasteiger partial charge in [-0.2, -0.15) is 4.98 Å². The molecule has 3 rings (SSSR count). The van der Waals surface area contributed by atoms with Crippen molar-refractivity contribution in [2.24, 2.45) is 5.92 Å². The van der Waals surface area contributed by atoms with Gasteiger partial charge in [-0.05, 0) is 38.5 Å². The van der Waals surface area contributed by atoms with Gasteiger partial charge in [0.25, 0.3) is 0 Å². The Bertz CT molecular complexity index is 431. The van der Waals surface area contributed by atoms with Gasteiger partial charge < -0.3 is 14.4 Å². The van der Waals surface area contributed by atoms with Crippen molar-refractivity contribution < 1.29 is 14.4 Å². The van der Waals surface area contributed by atoms with Crippen molar-refractivity contribution in [2.45, 2.75) is 70.0 Å². The summed E-state index contributed by atoms with van der Waals surface area (Å²) < 4.78 is 11.2. The number of nitrogens with zero attached hydrogens (tertiary/aromatic N) is 2. The van der Waals surface area contributed by atoms with Crippen LogP contribution in [0.3, 0.4) is 0 Å². The third-order valence-corrected chi connectivity index (χ3v) is 4.40. The molecule has 0 aliphatic heterocycles. The fourth-order valence-electron chi connectivity index (χ4n) is 3.09. The van der Waals surface area contributed by atoms with Gasteiger partial charge >= 0.3 is 0 Å². The highest BCUT2D eigenvalue weighted by atomic mass is 16.5. The molecule has 3 atom stereocenters. The molecule has 3 unspecified atom stereocenters. The van der Waals surface area contributed by atoms with E-state index in [0.29, 0.717) is 24.2 Å². The highest BCUT2D eigenvalue weighted by Crippen LogP contribution is 2.42. The molecular weight excluding hydrogens is 256 g/mol. The molecule has 2 aliphatic carbocycles. The largest absolute Gasteiger partial charge is 0.392 e. The molecule has 0 bridgehead atoms. The van der Waals surface area contributed by atoms with Crippen molar-refractivity contribution in [2.75, 3.05) is 6.61 Å². The van der Waals surface area contributed by atoms with Gasteiger partial charge in [-0.25, -0.2) is 0 Å². The highest BCUT2D eigenvalue weighted by Gasteiger charge is 2.37. The van der Waals surface area contributed by atoms with E-state index in [0.717, 1.165) is 25.7 Å². The van der Waals surface area contributed by atoms with Gasteiger partial charge in [-0.3, -0.25) is 0 Å². The Morgan fingerprint density at radius 3 is 2.80 bits per heavy atom. The molecule has 2 saturated carbocycles. The predicted octanol–water partition coefficient (Wildman–Crippen LogP) is 2.97. The molecule has 0 radical (unpaired) electrons. The number of ether oxygens (including phenoxy) is 1. The fourth-order valence-corrected chi connectivity index (χ4v) is 3.09. The molecule has 2 fully saturated rings. The Morgan fingerprint density at radius 2 is 2.05 bits per heavy atom. The van der Waals surface area contributed by atoms with Crippen LogP contribution in [0.25, 0.3) is 0 Å². The van der Waals surface area contributed by atoms with Crippen molar-refractivity contribution >= 4 is 0 Å². The summed E-state index contributed by atoms with van der Waals surface area (Å²) in [5.41, 5.74) is 0. The molecule has 1 aromatic rings. The van der Waals surface area contributed by atoms with Crippen LogP contribution in [0, 0.1) is 5.92 Å². The first-order chi connectivity index (χ1) is 9.79. The van der Waals surface area contributed by atoms with Gasteiger partial charge in [-0.15, -0.1) is 0 Å². The molecule has 1 heterocycles. The van der Waals surface area contributed by atoms with Gasteiger partial charge in [0.15, 0.2) is 0 Å². The second kappa shape index (κ2) is 6.22. The van der Waals surface area contributed by atoms with Crippen LogP contribution in [0.15, 0.2) is 4.52 Å². The second-order valence-corrected chi connectivity index (χ2v) is 6.02. The smallest absolute Gasteiger partial charge is 0.232 e. The number of aliphatic hydroxyl groups excluding tert-OH is 1. The monoisotopic (exact) mass is 280 g/mol. The number of aliphatic hydroxyl groups is 1. The first-order valence-corrected chi connectivity index (χ1v) is 7.92. The van der Waals surface area contributed by atoms with E-state index < -0.39 is 0 Å². The Kier molecular flexibility index (Phi) is 4.36. The first kappa shape index (κ1) is 14.0. The summed E-state index contributed by atoms with van der Waals surface area (Å²) in [4.78, 5) is 4.54. The summed E-state index contributed by atoms with van der Waals surface area (Å²) >= 11 is 0. The van der Waals surface area contributed by atoms with Gasteiger partial charge in [0.1, 0.15) is 6.10 Å². The molecule has 1 N–H and O–H groups in total. The minimum absolute atomic E-state index is 0.000213. The van der Waals surface area contributed by atoms with Gasteiger partial charge in [0.05, 0.1) is 12.0 Å². The van der Waals surface area contributed by atoms with Crippen LogP contribution in [-0.2, 0) is 4.74 Å². The Balaban J connectivity index is 1.74. The van der Waals surface area contributed by atoms with E-state index in [1.54, 1.807) is 0 Å². The third-order valence-electron chi connectivity index (χ3n) is 4.40. The van der Waals surface area contributed by atoms with E-state index in [4.69, 9.17) is 9.26 Å². The molecule has 2 aliphatic rings. The molecular formula is C15H24N2O3. The zero-order valence-corrected chi connectivity index (χ0v) is 12.1. The van der Waals surface area contributed by atoms with Crippen LogP contribution in [-0.4, -0.2) is 28.0 Å². The number of hydrogen-bond donors (Lipinski definition) is 1. The summed E-state index contributed by atoms with van der Waals surface area (Å²) in [5.74, 6) is 1.81. The van der Waals surface area contributed by atoms with E-state index in [1.165, 1.54) is 19.3 Å². The molecule has 5 nitrogen and oxygen atoms in total. The van der Waals surface area contributed by atoms with Gasteiger partial charge in [0.2, 0.25) is 11.7 Å². The SMILES string of the molecule is CCOC(c1noc(C2CCCCCC2O)n1)C1CC1. The van der Waals surface area contributed by atoms with E-state index >= 15 is 0 Å². The van der Waals surface area contributed by atoms with Crippen LogP contribution >= 0.6 is 0 Å². The molecule has 112 valence electrons. The molecule has 20 heavy (non-hydrogen) atoms. The lowest BCUT2D eigenvalue weighted by molar-refractivity contribution is 0.0384. The third kappa shape index (κ3) is 3.04. The van der Waals surface area contributed by atoms with Crippen molar-refractivity contribution in [3.05, 3.63) is 11.7 Å². The minimum Gasteiger partial charge on any atom is -0.392 e. The maximum Gasteiger partial charge on any atom is 0.232 e. The summed E-state index contributed by atoms with van der Waals surface area (Å²) in [6.07, 6.45) is 7.14. The van der Waals surface area contributed by atoms with E-state index in [1.807, 2.05) is 6.92 Å². The average molecular weight is 280 g/mol. The molecule has 0 aromatic carbocycles. The van der Waals surface area contributed by atoms with Crippen LogP contribution in [0.1, 0.15) is 75.6 Å². The van der Waals surface area contributed by atoms with Gasteiger partial charge in [0, 0.05) is 6.61 Å². The lowest BCUT2D eigenvalue weighted by Crippen LogP contribution is -2.17.